The molecular formula is C83H99F3N2O4. The molecule has 0 atom stereocenters. The molecule has 2 N–H and O–H groups in total. The largest absolute Gasteiger partial charge is 0.505 e. The highest BCUT2D eigenvalue weighted by Gasteiger charge is 2.34. The number of hydrogen-bond acceptors (Lipinski definition) is 4. The van der Waals surface area contributed by atoms with Gasteiger partial charge in [-0.25, -0.2) is 13.2 Å². The monoisotopic (exact) mass is 1240 g/mol. The quantitative estimate of drug-likeness (QED) is 0.106. The minimum Gasteiger partial charge on any atom is -0.505 e. The van der Waals surface area contributed by atoms with Gasteiger partial charge >= 0.3 is 0 Å². The lowest BCUT2D eigenvalue weighted by Gasteiger charge is -2.34. The minimum absolute atomic E-state index is 0.0285. The molecule has 8 aromatic carbocycles. The molecule has 0 aliphatic carbocycles. The van der Waals surface area contributed by atoms with Crippen molar-refractivity contribution in [3.8, 4) is 56.6 Å². The Kier molecular flexibility index (Phi) is 17.1. The number of phenols is 2. The van der Waals surface area contributed by atoms with Crippen molar-refractivity contribution in [1.29, 1.82) is 0 Å². The van der Waals surface area contributed by atoms with Crippen LogP contribution in [0.3, 0.4) is 0 Å². The third kappa shape index (κ3) is 13.4. The molecule has 486 valence electrons. The predicted octanol–water partition coefficient (Wildman–Crippen LogP) is 23.5. The van der Waals surface area contributed by atoms with E-state index in [9.17, 15) is 10.2 Å². The average molecular weight is 1250 g/mol. The standard InChI is InChI=1S/C83H99F3N2O4/c1-76(2,3)47-82(19,20)53-36-62(73(89)70(42-53)87-66-38-49(78(7,8)9)24-29-57(66)58-30-25-50(39-67(58)87)79(10,11)12)61-44-55(84)28-33-72(61)91-34-23-35-92-75-64(45-56(85)46-65(75)86)63-37-54(83(21,22)48-77(4,5)6)43-71(74(63)90)88-68-40-51(80(13,14)15)26-31-59(68)60-32-27-52(41-69(60)88)81(16,17)18/h24-33,36-46,89-90H,23,34-35,47-48H2,1-22H3. The van der Waals surface area contributed by atoms with Crippen LogP contribution in [-0.4, -0.2) is 32.6 Å². The Hall–Kier alpha value is -7.65. The van der Waals surface area contributed by atoms with Crippen LogP contribution in [0, 0.1) is 28.3 Å². The maximum absolute atomic E-state index is 16.8. The summed E-state index contributed by atoms with van der Waals surface area (Å²) in [4.78, 5) is 0. The summed E-state index contributed by atoms with van der Waals surface area (Å²) in [6, 6.07) is 40.7. The van der Waals surface area contributed by atoms with E-state index in [1.54, 1.807) is 6.07 Å². The lowest BCUT2D eigenvalue weighted by Crippen LogP contribution is -2.25. The summed E-state index contributed by atoms with van der Waals surface area (Å²) in [7, 11) is 0. The van der Waals surface area contributed by atoms with Crippen molar-refractivity contribution in [2.75, 3.05) is 13.2 Å². The second kappa shape index (κ2) is 23.4. The average Bonchev–Trinajstić information content (AvgIpc) is 1.38. The molecule has 0 amide bonds. The van der Waals surface area contributed by atoms with Crippen molar-refractivity contribution < 1.29 is 32.9 Å². The van der Waals surface area contributed by atoms with Gasteiger partial charge in [-0.2, -0.15) is 0 Å². The van der Waals surface area contributed by atoms with Crippen LogP contribution in [0.25, 0.3) is 77.2 Å². The first-order valence-electron chi connectivity index (χ1n) is 32.9. The lowest BCUT2D eigenvalue weighted by molar-refractivity contribution is 0.242. The molecule has 92 heavy (non-hydrogen) atoms. The molecule has 10 rings (SSSR count). The van der Waals surface area contributed by atoms with Crippen LogP contribution in [0.4, 0.5) is 13.2 Å². The topological polar surface area (TPSA) is 68.8 Å². The molecule has 0 saturated heterocycles. The Morgan fingerprint density at radius 2 is 0.696 bits per heavy atom. The normalized spacial score (nSPS) is 13.4. The fraction of sp³-hybridized carbons (Fsp3) is 0.422. The van der Waals surface area contributed by atoms with Crippen molar-refractivity contribution in [1.82, 2.24) is 9.13 Å². The number of ether oxygens (including phenoxy) is 2. The number of halogens is 3. The van der Waals surface area contributed by atoms with Crippen LogP contribution in [0.15, 0.2) is 127 Å². The first-order valence-corrected chi connectivity index (χ1v) is 32.9. The van der Waals surface area contributed by atoms with Crippen molar-refractivity contribution in [3.05, 3.63) is 178 Å². The zero-order valence-electron chi connectivity index (χ0n) is 58.9. The van der Waals surface area contributed by atoms with Gasteiger partial charge in [0.2, 0.25) is 0 Å². The lowest BCUT2D eigenvalue weighted by atomic mass is 9.71. The van der Waals surface area contributed by atoms with Gasteiger partial charge in [0.15, 0.2) is 11.6 Å². The molecular weight excluding hydrogens is 1150 g/mol. The Morgan fingerprint density at radius 3 is 1.05 bits per heavy atom. The van der Waals surface area contributed by atoms with E-state index in [1.165, 1.54) is 18.2 Å². The van der Waals surface area contributed by atoms with Crippen LogP contribution in [0.5, 0.6) is 23.0 Å². The third-order valence-electron chi connectivity index (χ3n) is 18.5. The van der Waals surface area contributed by atoms with E-state index < -0.39 is 28.3 Å². The molecule has 9 heteroatoms. The molecule has 6 nitrogen and oxygen atoms in total. The first-order chi connectivity index (χ1) is 42.4. The van der Waals surface area contributed by atoms with Crippen LogP contribution in [0.1, 0.15) is 205 Å². The van der Waals surface area contributed by atoms with Crippen molar-refractivity contribution in [3.63, 3.8) is 0 Å². The van der Waals surface area contributed by atoms with Crippen LogP contribution < -0.4 is 9.47 Å². The van der Waals surface area contributed by atoms with E-state index in [1.807, 2.05) is 18.2 Å². The van der Waals surface area contributed by atoms with Gasteiger partial charge in [0.25, 0.3) is 0 Å². The molecule has 0 bridgehead atoms. The number of nitrogens with zero attached hydrogens (tertiary/aromatic N) is 2. The zero-order chi connectivity index (χ0) is 67.5. The van der Waals surface area contributed by atoms with E-state index >= 15 is 13.2 Å². The Balaban J connectivity index is 1.06. The fourth-order valence-electron chi connectivity index (χ4n) is 14.2. The van der Waals surface area contributed by atoms with Gasteiger partial charge in [-0.05, 0) is 162 Å². The van der Waals surface area contributed by atoms with Gasteiger partial charge in [-0.1, -0.05) is 201 Å². The van der Waals surface area contributed by atoms with Gasteiger partial charge in [0, 0.05) is 56.3 Å². The summed E-state index contributed by atoms with van der Waals surface area (Å²) in [6.07, 6.45) is 1.79. The van der Waals surface area contributed by atoms with E-state index in [4.69, 9.17) is 9.47 Å². The van der Waals surface area contributed by atoms with Crippen LogP contribution in [-0.2, 0) is 32.5 Å². The third-order valence-corrected chi connectivity index (χ3v) is 18.5. The van der Waals surface area contributed by atoms with E-state index in [-0.39, 0.29) is 80.5 Å². The predicted molar refractivity (Wildman–Crippen MR) is 380 cm³/mol. The summed E-state index contributed by atoms with van der Waals surface area (Å²) >= 11 is 0. The number of fused-ring (bicyclic) bond motifs is 6. The summed E-state index contributed by atoms with van der Waals surface area (Å²) in [5.74, 6) is -2.30. The molecule has 0 radical (unpaired) electrons. The molecule has 2 aromatic heterocycles. The molecule has 0 aliphatic rings. The molecule has 2 heterocycles. The SMILES string of the molecule is CC(C)(C)CC(C)(C)c1cc(-c2cc(F)ccc2OCCCOc2c(F)cc(F)cc2-c2cc(C(C)(C)CC(C)(C)C)cc(-n3c4cc(C(C)(C)C)ccc4c4ccc(C(C)(C)C)cc43)c2O)c(O)c(-n2c3cc(C(C)(C)C)ccc3c3ccc(C(C)(C)C)cc32)c1. The second-order valence-electron chi connectivity index (χ2n) is 34.1. The summed E-state index contributed by atoms with van der Waals surface area (Å²) in [6.45, 7) is 48.4. The van der Waals surface area contributed by atoms with Gasteiger partial charge in [0.05, 0.1) is 46.7 Å². The smallest absolute Gasteiger partial charge is 0.168 e. The highest BCUT2D eigenvalue weighted by atomic mass is 19.1. The maximum atomic E-state index is 16.8. The number of aromatic nitrogens is 2. The molecule has 0 aliphatic heterocycles. The van der Waals surface area contributed by atoms with Crippen LogP contribution in [0.2, 0.25) is 0 Å². The fourth-order valence-corrected chi connectivity index (χ4v) is 14.2. The molecule has 0 unspecified atom stereocenters. The zero-order valence-corrected chi connectivity index (χ0v) is 58.9. The number of phenolic OH excluding ortho intramolecular Hbond substituents is 2. The van der Waals surface area contributed by atoms with Crippen LogP contribution >= 0.6 is 0 Å². The van der Waals surface area contributed by atoms with Crippen molar-refractivity contribution in [2.24, 2.45) is 10.8 Å². The van der Waals surface area contributed by atoms with Gasteiger partial charge in [-0.3, -0.25) is 0 Å². The van der Waals surface area contributed by atoms with Crippen molar-refractivity contribution >= 4 is 43.6 Å². The molecule has 10 aromatic rings. The molecule has 0 saturated carbocycles. The first kappa shape index (κ1) is 67.2. The van der Waals surface area contributed by atoms with E-state index in [2.05, 4.69) is 240 Å². The van der Waals surface area contributed by atoms with E-state index in [0.717, 1.165) is 95.9 Å². The second-order valence-corrected chi connectivity index (χ2v) is 34.1. The van der Waals surface area contributed by atoms with Gasteiger partial charge < -0.3 is 28.8 Å². The Labute approximate surface area is 545 Å². The summed E-state index contributed by atoms with van der Waals surface area (Å²) in [5.41, 5.74) is 10.4. The number of aromatic hydroxyl groups is 2. The van der Waals surface area contributed by atoms with E-state index in [0.29, 0.717) is 28.3 Å². The van der Waals surface area contributed by atoms with Crippen molar-refractivity contribution in [2.45, 2.75) is 204 Å². The number of benzene rings is 8. The highest BCUT2D eigenvalue weighted by molar-refractivity contribution is 6.11. The Morgan fingerprint density at radius 1 is 0.348 bits per heavy atom. The van der Waals surface area contributed by atoms with Gasteiger partial charge in [0.1, 0.15) is 28.9 Å². The van der Waals surface area contributed by atoms with Gasteiger partial charge in [-0.15, -0.1) is 0 Å². The molecule has 0 spiro atoms. The highest BCUT2D eigenvalue weighted by Crippen LogP contribution is 2.51. The maximum Gasteiger partial charge on any atom is 0.168 e. The summed E-state index contributed by atoms with van der Waals surface area (Å²) in [5, 5.41) is 30.3. The Bertz CT molecular complexity index is 4350. The minimum atomic E-state index is -0.920. The summed E-state index contributed by atoms with van der Waals surface area (Å²) < 4.78 is 66.2. The number of hydrogen-bond donors (Lipinski definition) is 2. The number of rotatable bonds is 14. The molecule has 0 fully saturated rings.